The normalized spacial score (nSPS) is 14.8. The van der Waals surface area contributed by atoms with Crippen LogP contribution in [0.3, 0.4) is 0 Å². The standard InChI is InChI=1S/C20H37N3O5/c1-11(2)10-15(14(6)24)22-17(25)13(5)21-18(26)16(12(3)4)23-19(27)28-20(7,8)9/h11-13,15-16H,10H2,1-9H3,(H,21,26)(H,22,25)(H,23,27)/t13-,15-,16-/m0/s1. The Morgan fingerprint density at radius 2 is 1.39 bits per heavy atom. The number of carbonyl (C=O) groups is 4. The first kappa shape index (κ1) is 25.9. The summed E-state index contributed by atoms with van der Waals surface area (Å²) in [5.41, 5.74) is -0.687. The lowest BCUT2D eigenvalue weighted by Gasteiger charge is -2.26. The van der Waals surface area contributed by atoms with Gasteiger partial charge in [0.2, 0.25) is 11.8 Å². The fourth-order valence-electron chi connectivity index (χ4n) is 2.43. The van der Waals surface area contributed by atoms with Gasteiger partial charge in [0.25, 0.3) is 0 Å². The van der Waals surface area contributed by atoms with Gasteiger partial charge in [-0.3, -0.25) is 14.4 Å². The van der Waals surface area contributed by atoms with Gasteiger partial charge in [0, 0.05) is 0 Å². The second kappa shape index (κ2) is 11.0. The van der Waals surface area contributed by atoms with Crippen molar-refractivity contribution >= 4 is 23.7 Å². The number of Topliss-reactive ketones (excluding diaryl/α,β-unsaturated/α-hetero) is 1. The quantitative estimate of drug-likeness (QED) is 0.550. The summed E-state index contributed by atoms with van der Waals surface area (Å²) < 4.78 is 5.19. The number of nitrogens with one attached hydrogen (secondary N) is 3. The molecule has 0 saturated heterocycles. The molecule has 0 aliphatic heterocycles. The van der Waals surface area contributed by atoms with E-state index in [-0.39, 0.29) is 17.6 Å². The second-order valence-electron chi connectivity index (χ2n) is 8.90. The van der Waals surface area contributed by atoms with Crippen LogP contribution < -0.4 is 16.0 Å². The van der Waals surface area contributed by atoms with E-state index in [9.17, 15) is 19.2 Å². The van der Waals surface area contributed by atoms with Crippen molar-refractivity contribution in [3.05, 3.63) is 0 Å². The van der Waals surface area contributed by atoms with E-state index in [1.165, 1.54) is 13.8 Å². The van der Waals surface area contributed by atoms with Crippen LogP contribution in [0.4, 0.5) is 4.79 Å². The third kappa shape index (κ3) is 10.3. The predicted molar refractivity (Wildman–Crippen MR) is 108 cm³/mol. The first-order valence-electron chi connectivity index (χ1n) is 9.74. The number of amides is 3. The highest BCUT2D eigenvalue weighted by Crippen LogP contribution is 2.09. The van der Waals surface area contributed by atoms with Crippen molar-refractivity contribution in [2.45, 2.75) is 92.5 Å². The van der Waals surface area contributed by atoms with Gasteiger partial charge < -0.3 is 20.7 Å². The molecular weight excluding hydrogens is 362 g/mol. The van der Waals surface area contributed by atoms with Crippen molar-refractivity contribution in [2.24, 2.45) is 11.8 Å². The van der Waals surface area contributed by atoms with Crippen molar-refractivity contribution in [1.29, 1.82) is 0 Å². The molecule has 0 heterocycles. The predicted octanol–water partition coefficient (Wildman–Crippen LogP) is 2.16. The molecule has 0 aliphatic rings. The molecule has 8 heteroatoms. The van der Waals surface area contributed by atoms with E-state index in [0.29, 0.717) is 6.42 Å². The Labute approximate surface area is 168 Å². The summed E-state index contributed by atoms with van der Waals surface area (Å²) in [4.78, 5) is 48.7. The van der Waals surface area contributed by atoms with Gasteiger partial charge >= 0.3 is 6.09 Å². The lowest BCUT2D eigenvalue weighted by Crippen LogP contribution is -2.56. The van der Waals surface area contributed by atoms with E-state index in [4.69, 9.17) is 4.74 Å². The third-order valence-electron chi connectivity index (χ3n) is 3.89. The number of hydrogen-bond acceptors (Lipinski definition) is 5. The number of carbonyl (C=O) groups excluding carboxylic acids is 4. The van der Waals surface area contributed by atoms with Crippen LogP contribution in [-0.4, -0.2) is 47.4 Å². The maximum absolute atomic E-state index is 12.6. The van der Waals surface area contributed by atoms with Crippen LogP contribution in [0, 0.1) is 11.8 Å². The summed E-state index contributed by atoms with van der Waals surface area (Å²) >= 11 is 0. The van der Waals surface area contributed by atoms with Gasteiger partial charge in [0.15, 0.2) is 5.78 Å². The monoisotopic (exact) mass is 399 g/mol. The molecule has 0 fully saturated rings. The summed E-state index contributed by atoms with van der Waals surface area (Å²) in [5.74, 6) is -1.05. The van der Waals surface area contributed by atoms with Gasteiger partial charge in [-0.1, -0.05) is 27.7 Å². The molecule has 162 valence electrons. The maximum Gasteiger partial charge on any atom is 0.408 e. The lowest BCUT2D eigenvalue weighted by atomic mass is 10.0. The Bertz CT molecular complexity index is 567. The molecule has 0 aromatic rings. The summed E-state index contributed by atoms with van der Waals surface area (Å²) in [5, 5.41) is 7.82. The van der Waals surface area contributed by atoms with Gasteiger partial charge in [-0.2, -0.15) is 0 Å². The first-order chi connectivity index (χ1) is 12.6. The molecule has 0 aromatic carbocycles. The van der Waals surface area contributed by atoms with Crippen molar-refractivity contribution in [2.75, 3.05) is 0 Å². The van der Waals surface area contributed by atoms with E-state index in [1.807, 2.05) is 13.8 Å². The Kier molecular flexibility index (Phi) is 10.2. The van der Waals surface area contributed by atoms with Crippen LogP contribution in [0.5, 0.6) is 0 Å². The van der Waals surface area contributed by atoms with E-state index >= 15 is 0 Å². The highest BCUT2D eigenvalue weighted by atomic mass is 16.6. The minimum Gasteiger partial charge on any atom is -0.444 e. The van der Waals surface area contributed by atoms with Crippen LogP contribution in [0.1, 0.15) is 68.7 Å². The molecule has 28 heavy (non-hydrogen) atoms. The summed E-state index contributed by atoms with van der Waals surface area (Å²) in [6.45, 7) is 15.6. The molecule has 0 rings (SSSR count). The fraction of sp³-hybridized carbons (Fsp3) is 0.800. The average Bonchev–Trinajstić information content (AvgIpc) is 2.48. The smallest absolute Gasteiger partial charge is 0.408 e. The molecule has 0 bridgehead atoms. The Morgan fingerprint density at radius 3 is 1.79 bits per heavy atom. The zero-order valence-electron chi connectivity index (χ0n) is 18.6. The average molecular weight is 400 g/mol. The third-order valence-corrected chi connectivity index (χ3v) is 3.89. The van der Waals surface area contributed by atoms with Crippen LogP contribution in [0.25, 0.3) is 0 Å². The van der Waals surface area contributed by atoms with Crippen molar-refractivity contribution < 1.29 is 23.9 Å². The zero-order chi connectivity index (χ0) is 22.2. The number of alkyl carbamates (subject to hydrolysis) is 1. The first-order valence-corrected chi connectivity index (χ1v) is 9.74. The lowest BCUT2D eigenvalue weighted by molar-refractivity contribution is -0.132. The largest absolute Gasteiger partial charge is 0.444 e. The molecular formula is C20H37N3O5. The molecule has 0 unspecified atom stereocenters. The highest BCUT2D eigenvalue weighted by Gasteiger charge is 2.29. The van der Waals surface area contributed by atoms with Crippen molar-refractivity contribution in [1.82, 2.24) is 16.0 Å². The minimum absolute atomic E-state index is 0.132. The van der Waals surface area contributed by atoms with E-state index < -0.39 is 41.6 Å². The SMILES string of the molecule is CC(=O)[C@H](CC(C)C)NC(=O)[C@H](C)NC(=O)[C@@H](NC(=O)OC(C)(C)C)C(C)C. The topological polar surface area (TPSA) is 114 Å². The summed E-state index contributed by atoms with van der Waals surface area (Å²) in [6.07, 6.45) is -0.177. The van der Waals surface area contributed by atoms with Crippen LogP contribution >= 0.6 is 0 Å². The van der Waals surface area contributed by atoms with E-state index in [0.717, 1.165) is 0 Å². The van der Waals surface area contributed by atoms with Crippen LogP contribution in [0.2, 0.25) is 0 Å². The zero-order valence-corrected chi connectivity index (χ0v) is 18.6. The molecule has 0 aromatic heterocycles. The molecule has 0 spiro atoms. The van der Waals surface area contributed by atoms with Crippen LogP contribution in [0.15, 0.2) is 0 Å². The number of hydrogen-bond donors (Lipinski definition) is 3. The van der Waals surface area contributed by atoms with E-state index in [1.54, 1.807) is 34.6 Å². The summed E-state index contributed by atoms with van der Waals surface area (Å²) in [7, 11) is 0. The van der Waals surface area contributed by atoms with Crippen LogP contribution in [-0.2, 0) is 19.1 Å². The Morgan fingerprint density at radius 1 is 0.857 bits per heavy atom. The number of ketones is 1. The minimum atomic E-state index is -0.858. The molecule has 3 N–H and O–H groups in total. The molecule has 0 saturated carbocycles. The summed E-state index contributed by atoms with van der Waals surface area (Å²) in [6, 6.07) is -2.31. The van der Waals surface area contributed by atoms with Gasteiger partial charge in [-0.15, -0.1) is 0 Å². The molecule has 0 aliphatic carbocycles. The second-order valence-corrected chi connectivity index (χ2v) is 8.90. The Balaban J connectivity index is 4.94. The maximum atomic E-state index is 12.6. The van der Waals surface area contributed by atoms with Gasteiger partial charge in [-0.25, -0.2) is 4.79 Å². The fourth-order valence-corrected chi connectivity index (χ4v) is 2.43. The Hall–Kier alpha value is -2.12. The molecule has 3 amide bonds. The number of rotatable bonds is 9. The molecule has 8 nitrogen and oxygen atoms in total. The van der Waals surface area contributed by atoms with Crippen molar-refractivity contribution in [3.63, 3.8) is 0 Å². The molecule has 3 atom stereocenters. The number of ether oxygens (including phenoxy) is 1. The van der Waals surface area contributed by atoms with Crippen molar-refractivity contribution in [3.8, 4) is 0 Å². The van der Waals surface area contributed by atoms with E-state index in [2.05, 4.69) is 16.0 Å². The highest BCUT2D eigenvalue weighted by molar-refractivity contribution is 5.93. The van der Waals surface area contributed by atoms with Gasteiger partial charge in [0.1, 0.15) is 17.7 Å². The van der Waals surface area contributed by atoms with Gasteiger partial charge in [0.05, 0.1) is 6.04 Å². The molecule has 0 radical (unpaired) electrons. The van der Waals surface area contributed by atoms with Gasteiger partial charge in [-0.05, 0) is 52.9 Å².